The number of aromatic nitrogens is 1. The predicted molar refractivity (Wildman–Crippen MR) is 83.6 cm³/mol. The number of carbonyl (C=O) groups excluding carboxylic acids is 1. The van der Waals surface area contributed by atoms with Crippen LogP contribution in [-0.2, 0) is 0 Å². The third-order valence-electron chi connectivity index (χ3n) is 3.53. The molecule has 0 spiro atoms. The molecule has 0 aliphatic heterocycles. The number of anilines is 1. The standard InChI is InChI=1S/C15H15N3O3S/c1-8-16-7-13(22-8)18-14(19)10-4-2-3-9(5-10)11-6-12(11)17-15(20)21/h2-5,7,11-12,17H,6H2,1H3,(H,18,19)(H,20,21)/t11-,12+/m0/s1. The minimum absolute atomic E-state index is 0.0556. The average molecular weight is 317 g/mol. The molecular formula is C15H15N3O3S. The largest absolute Gasteiger partial charge is 0.465 e. The molecule has 2 amide bonds. The fraction of sp³-hybridized carbons (Fsp3) is 0.267. The molecule has 1 aliphatic rings. The fourth-order valence-corrected chi connectivity index (χ4v) is 3.07. The zero-order valence-electron chi connectivity index (χ0n) is 11.9. The number of nitrogens with one attached hydrogen (secondary N) is 2. The Balaban J connectivity index is 1.69. The summed E-state index contributed by atoms with van der Waals surface area (Å²) in [5.41, 5.74) is 1.54. The molecule has 2 aromatic rings. The zero-order valence-corrected chi connectivity index (χ0v) is 12.7. The summed E-state index contributed by atoms with van der Waals surface area (Å²) in [7, 11) is 0. The number of benzene rings is 1. The van der Waals surface area contributed by atoms with Crippen LogP contribution in [0.3, 0.4) is 0 Å². The molecule has 0 saturated heterocycles. The van der Waals surface area contributed by atoms with Crippen LogP contribution in [-0.4, -0.2) is 28.1 Å². The van der Waals surface area contributed by atoms with E-state index in [-0.39, 0.29) is 17.9 Å². The summed E-state index contributed by atoms with van der Waals surface area (Å²) in [4.78, 5) is 27.0. The Kier molecular flexibility index (Phi) is 3.81. The van der Waals surface area contributed by atoms with E-state index in [1.165, 1.54) is 11.3 Å². The van der Waals surface area contributed by atoms with Crippen LogP contribution in [0.2, 0.25) is 0 Å². The van der Waals surface area contributed by atoms with Gasteiger partial charge >= 0.3 is 6.09 Å². The average Bonchev–Trinajstić information content (AvgIpc) is 3.11. The molecule has 0 unspecified atom stereocenters. The van der Waals surface area contributed by atoms with Gasteiger partial charge in [0.2, 0.25) is 0 Å². The SMILES string of the molecule is Cc1ncc(NC(=O)c2cccc([C@@H]3C[C@H]3NC(=O)O)c2)s1. The van der Waals surface area contributed by atoms with Crippen molar-refractivity contribution < 1.29 is 14.7 Å². The van der Waals surface area contributed by atoms with E-state index in [2.05, 4.69) is 15.6 Å². The van der Waals surface area contributed by atoms with Gasteiger partial charge in [0.05, 0.1) is 11.2 Å². The minimum Gasteiger partial charge on any atom is -0.465 e. The summed E-state index contributed by atoms with van der Waals surface area (Å²) in [6, 6.07) is 7.24. The first-order valence-corrected chi connectivity index (χ1v) is 7.68. The van der Waals surface area contributed by atoms with Gasteiger partial charge in [-0.2, -0.15) is 0 Å². The molecule has 1 aromatic carbocycles. The maximum absolute atomic E-state index is 12.2. The van der Waals surface area contributed by atoms with Crippen LogP contribution in [0.4, 0.5) is 9.80 Å². The van der Waals surface area contributed by atoms with Gasteiger partial charge in [0.15, 0.2) is 0 Å². The number of aryl methyl sites for hydroxylation is 1. The molecule has 114 valence electrons. The van der Waals surface area contributed by atoms with Crippen molar-refractivity contribution in [2.75, 3.05) is 5.32 Å². The lowest BCUT2D eigenvalue weighted by molar-refractivity contribution is 0.102. The van der Waals surface area contributed by atoms with Gasteiger partial charge in [-0.1, -0.05) is 12.1 Å². The molecule has 3 N–H and O–H groups in total. The number of hydrogen-bond donors (Lipinski definition) is 3. The van der Waals surface area contributed by atoms with Crippen LogP contribution in [0, 0.1) is 6.92 Å². The van der Waals surface area contributed by atoms with Gasteiger partial charge in [0, 0.05) is 17.5 Å². The van der Waals surface area contributed by atoms with Crippen molar-refractivity contribution in [2.45, 2.75) is 25.3 Å². The van der Waals surface area contributed by atoms with Crippen molar-refractivity contribution in [2.24, 2.45) is 0 Å². The Morgan fingerprint density at radius 3 is 2.91 bits per heavy atom. The van der Waals surface area contributed by atoms with Crippen LogP contribution >= 0.6 is 11.3 Å². The van der Waals surface area contributed by atoms with Crippen molar-refractivity contribution in [1.82, 2.24) is 10.3 Å². The summed E-state index contributed by atoms with van der Waals surface area (Å²) in [6.07, 6.45) is 1.39. The van der Waals surface area contributed by atoms with E-state index in [0.717, 1.165) is 17.0 Å². The Morgan fingerprint density at radius 1 is 1.41 bits per heavy atom. The van der Waals surface area contributed by atoms with Gasteiger partial charge in [-0.15, -0.1) is 11.3 Å². The van der Waals surface area contributed by atoms with E-state index in [1.54, 1.807) is 12.3 Å². The maximum Gasteiger partial charge on any atom is 0.404 e. The van der Waals surface area contributed by atoms with Gasteiger partial charge in [-0.05, 0) is 31.0 Å². The van der Waals surface area contributed by atoms with E-state index < -0.39 is 6.09 Å². The highest BCUT2D eigenvalue weighted by molar-refractivity contribution is 7.15. The second-order valence-electron chi connectivity index (χ2n) is 5.22. The van der Waals surface area contributed by atoms with Gasteiger partial charge in [-0.3, -0.25) is 4.79 Å². The second-order valence-corrected chi connectivity index (χ2v) is 6.46. The van der Waals surface area contributed by atoms with Crippen LogP contribution < -0.4 is 10.6 Å². The lowest BCUT2D eigenvalue weighted by Crippen LogP contribution is -2.24. The smallest absolute Gasteiger partial charge is 0.404 e. The Hall–Kier alpha value is -2.41. The zero-order chi connectivity index (χ0) is 15.7. The number of hydrogen-bond acceptors (Lipinski definition) is 4. The first kappa shape index (κ1) is 14.5. The number of thiazole rings is 1. The van der Waals surface area contributed by atoms with Crippen molar-refractivity contribution in [3.8, 4) is 0 Å². The number of nitrogens with zero attached hydrogens (tertiary/aromatic N) is 1. The summed E-state index contributed by atoms with van der Waals surface area (Å²) < 4.78 is 0. The number of rotatable bonds is 4. The molecule has 1 aliphatic carbocycles. The van der Waals surface area contributed by atoms with Crippen LogP contribution in [0.5, 0.6) is 0 Å². The van der Waals surface area contributed by atoms with E-state index in [0.29, 0.717) is 10.6 Å². The lowest BCUT2D eigenvalue weighted by Gasteiger charge is -2.05. The quantitative estimate of drug-likeness (QED) is 0.808. The highest BCUT2D eigenvalue weighted by atomic mass is 32.1. The Labute approximate surface area is 131 Å². The topological polar surface area (TPSA) is 91.3 Å². The maximum atomic E-state index is 12.2. The lowest BCUT2D eigenvalue weighted by atomic mass is 10.1. The summed E-state index contributed by atoms with van der Waals surface area (Å²) in [6.45, 7) is 1.88. The molecule has 2 atom stereocenters. The third-order valence-corrected chi connectivity index (χ3v) is 4.36. The van der Waals surface area contributed by atoms with Crippen molar-refractivity contribution >= 4 is 28.3 Å². The van der Waals surface area contributed by atoms with Gasteiger partial charge < -0.3 is 15.7 Å². The van der Waals surface area contributed by atoms with E-state index >= 15 is 0 Å². The monoisotopic (exact) mass is 317 g/mol. The summed E-state index contributed by atoms with van der Waals surface area (Å²) in [5.74, 6) is -0.0385. The molecule has 1 saturated carbocycles. The van der Waals surface area contributed by atoms with E-state index in [4.69, 9.17) is 5.11 Å². The van der Waals surface area contributed by atoms with Crippen LogP contribution in [0.25, 0.3) is 0 Å². The molecule has 1 aromatic heterocycles. The van der Waals surface area contributed by atoms with E-state index in [1.807, 2.05) is 25.1 Å². The predicted octanol–water partition coefficient (Wildman–Crippen LogP) is 2.83. The van der Waals surface area contributed by atoms with E-state index in [9.17, 15) is 9.59 Å². The Bertz CT molecular complexity index is 728. The molecule has 3 rings (SSSR count). The first-order valence-electron chi connectivity index (χ1n) is 6.86. The van der Waals surface area contributed by atoms with Crippen LogP contribution in [0.1, 0.15) is 33.3 Å². The number of amides is 2. The molecular weight excluding hydrogens is 302 g/mol. The molecule has 6 nitrogen and oxygen atoms in total. The summed E-state index contributed by atoms with van der Waals surface area (Å²) in [5, 5.41) is 15.6. The van der Waals surface area contributed by atoms with Gasteiger partial charge in [0.25, 0.3) is 5.91 Å². The number of carboxylic acid groups (broad SMARTS) is 1. The van der Waals surface area contributed by atoms with Crippen LogP contribution in [0.15, 0.2) is 30.5 Å². The second kappa shape index (κ2) is 5.76. The molecule has 0 bridgehead atoms. The first-order chi connectivity index (χ1) is 10.5. The minimum atomic E-state index is -1.01. The Morgan fingerprint density at radius 2 is 2.23 bits per heavy atom. The normalized spacial score (nSPS) is 19.5. The molecule has 1 heterocycles. The van der Waals surface area contributed by atoms with Crippen molar-refractivity contribution in [1.29, 1.82) is 0 Å². The van der Waals surface area contributed by atoms with Gasteiger partial charge in [-0.25, -0.2) is 9.78 Å². The molecule has 7 heteroatoms. The van der Waals surface area contributed by atoms with Crippen molar-refractivity contribution in [3.05, 3.63) is 46.6 Å². The summed E-state index contributed by atoms with van der Waals surface area (Å²) >= 11 is 1.42. The van der Waals surface area contributed by atoms with Gasteiger partial charge in [0.1, 0.15) is 5.00 Å². The third kappa shape index (κ3) is 3.25. The molecule has 22 heavy (non-hydrogen) atoms. The highest BCUT2D eigenvalue weighted by Gasteiger charge is 2.39. The number of carbonyl (C=O) groups is 2. The van der Waals surface area contributed by atoms with Crippen molar-refractivity contribution in [3.63, 3.8) is 0 Å². The molecule has 0 radical (unpaired) electrons. The molecule has 1 fully saturated rings. The fourth-order valence-electron chi connectivity index (χ4n) is 2.40. The highest BCUT2D eigenvalue weighted by Crippen LogP contribution is 2.41.